The number of benzene rings is 2. The van der Waals surface area contributed by atoms with Crippen molar-refractivity contribution in [1.82, 2.24) is 10.2 Å². The van der Waals surface area contributed by atoms with Gasteiger partial charge in [-0.05, 0) is 45.8 Å². The normalized spacial score (nSPS) is 10.6. The minimum atomic E-state index is -0.354. The van der Waals surface area contributed by atoms with Crippen LogP contribution in [0.15, 0.2) is 56.6 Å². The van der Waals surface area contributed by atoms with Crippen LogP contribution < -0.4 is 25.1 Å². The molecule has 2 aromatic carbocycles. The van der Waals surface area contributed by atoms with Crippen molar-refractivity contribution < 1.29 is 14.2 Å². The van der Waals surface area contributed by atoms with E-state index in [-0.39, 0.29) is 5.56 Å². The highest BCUT2D eigenvalue weighted by Crippen LogP contribution is 2.31. The quantitative estimate of drug-likeness (QED) is 0.284. The Kier molecular flexibility index (Phi) is 8.51. The smallest absolute Gasteiger partial charge is 0.280 e. The topological polar surface area (TPSA) is 85.5 Å². The van der Waals surface area contributed by atoms with E-state index in [1.165, 1.54) is 0 Å². The van der Waals surface area contributed by atoms with Gasteiger partial charge in [-0.15, -0.1) is 16.9 Å². The first-order valence-corrected chi connectivity index (χ1v) is 11.4. The molecule has 3 aromatic rings. The number of aromatic amines is 1. The molecule has 0 amide bonds. The number of thioether (sulfide) groups is 1. The fourth-order valence-corrected chi connectivity index (χ4v) is 4.17. The van der Waals surface area contributed by atoms with Crippen LogP contribution in [0.4, 0.5) is 5.69 Å². The molecule has 0 unspecified atom stereocenters. The Morgan fingerprint density at radius 2 is 1.94 bits per heavy atom. The van der Waals surface area contributed by atoms with Crippen molar-refractivity contribution in [3.05, 3.63) is 67.9 Å². The molecule has 0 saturated heterocycles. The summed E-state index contributed by atoms with van der Waals surface area (Å²) in [6.45, 7) is 0.807. The van der Waals surface area contributed by atoms with Crippen LogP contribution in [0.2, 0.25) is 5.02 Å². The van der Waals surface area contributed by atoms with Crippen molar-refractivity contribution in [3.8, 4) is 17.4 Å². The zero-order valence-corrected chi connectivity index (χ0v) is 20.1. The second-order valence-electron chi connectivity index (χ2n) is 6.22. The standard InChI is InChI=1S/C21H21BrClN3O4S/c1-28-15-8-7-13(11-16(15)29-2)12-24-19-18(22)20(27)25-26-21(19)30-9-10-31-17-6-4-3-5-14(17)23/h3-8,11H,9-10,12H2,1-2H3,(H2,24,25,27). The Morgan fingerprint density at radius 3 is 2.68 bits per heavy atom. The van der Waals surface area contributed by atoms with Crippen LogP contribution in [0.1, 0.15) is 5.56 Å². The Morgan fingerprint density at radius 1 is 1.16 bits per heavy atom. The fraction of sp³-hybridized carbons (Fsp3) is 0.238. The lowest BCUT2D eigenvalue weighted by molar-refractivity contribution is 0.327. The average Bonchev–Trinajstić information content (AvgIpc) is 2.79. The highest BCUT2D eigenvalue weighted by molar-refractivity contribution is 9.10. The van der Waals surface area contributed by atoms with Crippen LogP contribution >= 0.6 is 39.3 Å². The summed E-state index contributed by atoms with van der Waals surface area (Å²) in [6.07, 6.45) is 0. The predicted molar refractivity (Wildman–Crippen MR) is 127 cm³/mol. The number of aromatic nitrogens is 2. The van der Waals surface area contributed by atoms with Gasteiger partial charge in [0.25, 0.3) is 11.4 Å². The Hall–Kier alpha value is -2.36. The number of nitrogens with one attached hydrogen (secondary N) is 2. The summed E-state index contributed by atoms with van der Waals surface area (Å²) < 4.78 is 16.7. The molecule has 0 radical (unpaired) electrons. The van der Waals surface area contributed by atoms with Crippen LogP contribution in [-0.4, -0.2) is 36.8 Å². The third-order valence-electron chi connectivity index (χ3n) is 4.23. The van der Waals surface area contributed by atoms with E-state index in [4.69, 9.17) is 25.8 Å². The van der Waals surface area contributed by atoms with Gasteiger partial charge in [0, 0.05) is 17.2 Å². The summed E-state index contributed by atoms with van der Waals surface area (Å²) in [5.41, 5.74) is 1.05. The zero-order chi connectivity index (χ0) is 22.2. The predicted octanol–water partition coefficient (Wildman–Crippen LogP) is 4.99. The molecule has 1 heterocycles. The van der Waals surface area contributed by atoms with Crippen LogP contribution in [0, 0.1) is 0 Å². The van der Waals surface area contributed by atoms with Crippen LogP contribution in [0.3, 0.4) is 0 Å². The van der Waals surface area contributed by atoms with Gasteiger partial charge in [-0.25, -0.2) is 5.10 Å². The van der Waals surface area contributed by atoms with Gasteiger partial charge < -0.3 is 19.5 Å². The molecular formula is C21H21BrClN3O4S. The molecule has 0 aliphatic carbocycles. The Labute approximate surface area is 197 Å². The molecule has 0 atom stereocenters. The second-order valence-corrected chi connectivity index (χ2v) is 8.55. The van der Waals surface area contributed by atoms with Crippen LogP contribution in [0.25, 0.3) is 0 Å². The van der Waals surface area contributed by atoms with E-state index in [1.54, 1.807) is 26.0 Å². The van der Waals surface area contributed by atoms with Gasteiger partial charge in [0.05, 0.1) is 25.8 Å². The Bertz CT molecular complexity index is 1100. The van der Waals surface area contributed by atoms with Crippen molar-refractivity contribution in [2.75, 3.05) is 31.9 Å². The number of methoxy groups -OCH3 is 2. The minimum Gasteiger partial charge on any atom is -0.493 e. The van der Waals surface area contributed by atoms with E-state index in [2.05, 4.69) is 31.4 Å². The van der Waals surface area contributed by atoms with Crippen molar-refractivity contribution >= 4 is 45.0 Å². The lowest BCUT2D eigenvalue weighted by Gasteiger charge is -2.14. The molecule has 0 fully saturated rings. The van der Waals surface area contributed by atoms with Crippen molar-refractivity contribution in [3.63, 3.8) is 0 Å². The lowest BCUT2D eigenvalue weighted by atomic mass is 10.2. The van der Waals surface area contributed by atoms with Gasteiger partial charge in [-0.2, -0.15) is 0 Å². The number of nitrogens with zero attached hydrogens (tertiary/aromatic N) is 1. The molecule has 0 aliphatic heterocycles. The molecule has 2 N–H and O–H groups in total. The van der Waals surface area contributed by atoms with Gasteiger partial charge in [-0.1, -0.05) is 29.8 Å². The van der Waals surface area contributed by atoms with E-state index < -0.39 is 0 Å². The highest BCUT2D eigenvalue weighted by atomic mass is 79.9. The molecule has 1 aromatic heterocycles. The number of hydrogen-bond acceptors (Lipinski definition) is 7. The highest BCUT2D eigenvalue weighted by Gasteiger charge is 2.14. The van der Waals surface area contributed by atoms with E-state index in [1.807, 2.05) is 42.5 Å². The number of anilines is 1. The number of H-pyrrole nitrogens is 1. The summed E-state index contributed by atoms with van der Waals surface area (Å²) >= 11 is 11.1. The number of ether oxygens (including phenoxy) is 3. The van der Waals surface area contributed by atoms with Gasteiger partial charge in [0.15, 0.2) is 11.5 Å². The largest absolute Gasteiger partial charge is 0.493 e. The summed E-state index contributed by atoms with van der Waals surface area (Å²) in [4.78, 5) is 13.0. The number of halogens is 2. The van der Waals surface area contributed by atoms with Crippen LogP contribution in [0.5, 0.6) is 17.4 Å². The maximum Gasteiger partial charge on any atom is 0.280 e. The molecule has 0 aliphatic rings. The van der Waals surface area contributed by atoms with E-state index in [0.29, 0.717) is 51.5 Å². The molecule has 10 heteroatoms. The third-order valence-corrected chi connectivity index (χ3v) is 6.46. The first-order chi connectivity index (χ1) is 15.0. The summed E-state index contributed by atoms with van der Waals surface area (Å²) in [6, 6.07) is 13.2. The SMILES string of the molecule is COc1ccc(CNc2c(OCCSc3ccccc3Cl)n[nH]c(=O)c2Br)cc1OC. The number of rotatable bonds is 10. The molecule has 3 rings (SSSR count). The number of hydrogen-bond donors (Lipinski definition) is 2. The van der Waals surface area contributed by atoms with Crippen molar-refractivity contribution in [2.45, 2.75) is 11.4 Å². The molecule has 7 nitrogen and oxygen atoms in total. The first kappa shape index (κ1) is 23.3. The molecule has 0 bridgehead atoms. The molecular weight excluding hydrogens is 506 g/mol. The van der Waals surface area contributed by atoms with E-state index in [9.17, 15) is 4.79 Å². The van der Waals surface area contributed by atoms with Crippen molar-refractivity contribution in [2.24, 2.45) is 0 Å². The zero-order valence-electron chi connectivity index (χ0n) is 16.9. The second kappa shape index (κ2) is 11.3. The van der Waals surface area contributed by atoms with Gasteiger partial charge >= 0.3 is 0 Å². The summed E-state index contributed by atoms with van der Waals surface area (Å²) in [5.74, 6) is 2.23. The van der Waals surface area contributed by atoms with E-state index in [0.717, 1.165) is 10.5 Å². The third kappa shape index (κ3) is 6.09. The first-order valence-electron chi connectivity index (χ1n) is 9.26. The van der Waals surface area contributed by atoms with Gasteiger partial charge in [0.2, 0.25) is 0 Å². The average molecular weight is 527 g/mol. The minimum absolute atomic E-state index is 0.298. The summed E-state index contributed by atoms with van der Waals surface area (Å²) in [7, 11) is 3.17. The maximum absolute atomic E-state index is 12.0. The van der Waals surface area contributed by atoms with E-state index >= 15 is 0 Å². The van der Waals surface area contributed by atoms with Gasteiger partial charge in [-0.3, -0.25) is 4.79 Å². The van der Waals surface area contributed by atoms with Crippen LogP contribution in [-0.2, 0) is 6.54 Å². The summed E-state index contributed by atoms with van der Waals surface area (Å²) in [5, 5.41) is 10.4. The molecule has 31 heavy (non-hydrogen) atoms. The lowest BCUT2D eigenvalue weighted by Crippen LogP contribution is -2.16. The van der Waals surface area contributed by atoms with Crippen molar-refractivity contribution in [1.29, 1.82) is 0 Å². The molecule has 0 spiro atoms. The molecule has 164 valence electrons. The van der Waals surface area contributed by atoms with Gasteiger partial charge in [0.1, 0.15) is 10.2 Å². The monoisotopic (exact) mass is 525 g/mol. The fourth-order valence-electron chi connectivity index (χ4n) is 2.70. The Balaban J connectivity index is 1.67. The maximum atomic E-state index is 12.0. The molecule has 0 saturated carbocycles.